The molecule has 1 saturated heterocycles. The lowest BCUT2D eigenvalue weighted by Gasteiger charge is -2.26. The molecule has 1 fully saturated rings. The van der Waals surface area contributed by atoms with E-state index in [1.165, 1.54) is 12.8 Å². The fourth-order valence-electron chi connectivity index (χ4n) is 3.67. The standard InChI is InChI=1S/C20H36N4O3/c1-6-21-19(22-13-17-8-7-9-24(17)10-11-26-5)23-14-20(4,25)18-12-15(2)27-16(18)3/h12,17,25H,6-11,13-14H2,1-5H3,(H2,21,22,23). The normalized spacial score (nSPS) is 20.7. The second kappa shape index (κ2) is 10.1. The summed E-state index contributed by atoms with van der Waals surface area (Å²) >= 11 is 0. The maximum absolute atomic E-state index is 10.9. The fourth-order valence-corrected chi connectivity index (χ4v) is 3.67. The number of rotatable bonds is 9. The molecule has 1 aromatic rings. The van der Waals surface area contributed by atoms with Gasteiger partial charge in [0.2, 0.25) is 0 Å². The van der Waals surface area contributed by atoms with Crippen LogP contribution in [0.2, 0.25) is 0 Å². The van der Waals surface area contributed by atoms with Crippen LogP contribution in [0, 0.1) is 13.8 Å². The molecule has 154 valence electrons. The molecular weight excluding hydrogens is 344 g/mol. The monoisotopic (exact) mass is 380 g/mol. The zero-order valence-corrected chi connectivity index (χ0v) is 17.5. The van der Waals surface area contributed by atoms with E-state index >= 15 is 0 Å². The predicted octanol–water partition coefficient (Wildman–Crippen LogP) is 1.77. The Morgan fingerprint density at radius 3 is 2.85 bits per heavy atom. The average molecular weight is 381 g/mol. The van der Waals surface area contributed by atoms with E-state index in [-0.39, 0.29) is 6.54 Å². The molecule has 0 aliphatic carbocycles. The number of hydrogen-bond acceptors (Lipinski definition) is 5. The van der Waals surface area contributed by atoms with Crippen LogP contribution in [0.1, 0.15) is 43.8 Å². The van der Waals surface area contributed by atoms with Gasteiger partial charge in [0, 0.05) is 38.3 Å². The van der Waals surface area contributed by atoms with Crippen LogP contribution in [0.4, 0.5) is 0 Å². The SMILES string of the molecule is CCNC(=NCC(C)(O)c1cc(C)oc1C)NCC1CCCN1CCOC. The number of ether oxygens (including phenoxy) is 1. The molecule has 3 N–H and O–H groups in total. The van der Waals surface area contributed by atoms with Crippen molar-refractivity contribution in [1.82, 2.24) is 15.5 Å². The van der Waals surface area contributed by atoms with Crippen LogP contribution < -0.4 is 10.6 Å². The number of nitrogens with zero attached hydrogens (tertiary/aromatic N) is 2. The highest BCUT2D eigenvalue weighted by Crippen LogP contribution is 2.27. The molecule has 0 spiro atoms. The van der Waals surface area contributed by atoms with Gasteiger partial charge in [-0.2, -0.15) is 0 Å². The molecule has 2 heterocycles. The van der Waals surface area contributed by atoms with Gasteiger partial charge in [-0.15, -0.1) is 0 Å². The highest BCUT2D eigenvalue weighted by molar-refractivity contribution is 5.79. The van der Waals surface area contributed by atoms with Crippen molar-refractivity contribution in [3.8, 4) is 0 Å². The van der Waals surface area contributed by atoms with Gasteiger partial charge < -0.3 is 24.9 Å². The molecule has 27 heavy (non-hydrogen) atoms. The Balaban J connectivity index is 1.96. The molecule has 7 nitrogen and oxygen atoms in total. The van der Waals surface area contributed by atoms with Crippen LogP contribution >= 0.6 is 0 Å². The van der Waals surface area contributed by atoms with Crippen molar-refractivity contribution >= 4 is 5.96 Å². The largest absolute Gasteiger partial charge is 0.466 e. The summed E-state index contributed by atoms with van der Waals surface area (Å²) in [6, 6.07) is 2.38. The lowest BCUT2D eigenvalue weighted by atomic mass is 9.96. The van der Waals surface area contributed by atoms with Gasteiger partial charge in [0.15, 0.2) is 5.96 Å². The van der Waals surface area contributed by atoms with E-state index in [4.69, 9.17) is 9.15 Å². The third-order valence-corrected chi connectivity index (χ3v) is 5.10. The third kappa shape index (κ3) is 6.23. The minimum Gasteiger partial charge on any atom is -0.466 e. The van der Waals surface area contributed by atoms with Gasteiger partial charge in [-0.3, -0.25) is 4.90 Å². The van der Waals surface area contributed by atoms with Crippen molar-refractivity contribution < 1.29 is 14.3 Å². The first-order valence-electron chi connectivity index (χ1n) is 9.92. The van der Waals surface area contributed by atoms with Gasteiger partial charge in [0.1, 0.15) is 17.1 Å². The summed E-state index contributed by atoms with van der Waals surface area (Å²) in [5.41, 5.74) is -0.275. The quantitative estimate of drug-likeness (QED) is 0.447. The minimum atomic E-state index is -1.07. The van der Waals surface area contributed by atoms with Crippen molar-refractivity contribution in [2.75, 3.05) is 46.4 Å². The van der Waals surface area contributed by atoms with Crippen molar-refractivity contribution in [2.45, 2.75) is 52.2 Å². The maximum atomic E-state index is 10.9. The highest BCUT2D eigenvalue weighted by Gasteiger charge is 2.28. The number of guanidine groups is 1. The average Bonchev–Trinajstić information content (AvgIpc) is 3.21. The molecule has 0 bridgehead atoms. The molecule has 0 amide bonds. The predicted molar refractivity (Wildman–Crippen MR) is 108 cm³/mol. The van der Waals surface area contributed by atoms with Gasteiger partial charge in [0.25, 0.3) is 0 Å². The summed E-state index contributed by atoms with van der Waals surface area (Å²) in [4.78, 5) is 7.09. The second-order valence-electron chi connectivity index (χ2n) is 7.50. The van der Waals surface area contributed by atoms with Crippen molar-refractivity contribution in [2.24, 2.45) is 4.99 Å². The third-order valence-electron chi connectivity index (χ3n) is 5.10. The zero-order chi connectivity index (χ0) is 19.9. The Labute approximate surface area is 163 Å². The second-order valence-corrected chi connectivity index (χ2v) is 7.50. The van der Waals surface area contributed by atoms with E-state index in [2.05, 4.69) is 20.5 Å². The van der Waals surface area contributed by atoms with E-state index in [9.17, 15) is 5.11 Å². The summed E-state index contributed by atoms with van der Waals surface area (Å²) in [6.07, 6.45) is 2.40. The van der Waals surface area contributed by atoms with Gasteiger partial charge in [-0.1, -0.05) is 0 Å². The molecule has 1 aliphatic rings. The molecule has 7 heteroatoms. The maximum Gasteiger partial charge on any atom is 0.191 e. The van der Waals surface area contributed by atoms with Crippen molar-refractivity contribution in [3.63, 3.8) is 0 Å². The Bertz CT molecular complexity index is 612. The number of aliphatic hydroxyl groups is 1. The van der Waals surface area contributed by atoms with E-state index < -0.39 is 5.60 Å². The number of methoxy groups -OCH3 is 1. The molecule has 2 rings (SSSR count). The topological polar surface area (TPSA) is 82.3 Å². The highest BCUT2D eigenvalue weighted by atomic mass is 16.5. The van der Waals surface area contributed by atoms with E-state index in [0.717, 1.165) is 55.8 Å². The number of aliphatic imine (C=N–C) groups is 1. The summed E-state index contributed by atoms with van der Waals surface area (Å²) in [7, 11) is 1.74. The van der Waals surface area contributed by atoms with Crippen LogP contribution in [0.25, 0.3) is 0 Å². The van der Waals surface area contributed by atoms with Crippen LogP contribution in [-0.4, -0.2) is 68.4 Å². The number of likely N-dealkylation sites (tertiary alicyclic amines) is 1. The smallest absolute Gasteiger partial charge is 0.191 e. The fraction of sp³-hybridized carbons (Fsp3) is 0.750. The summed E-state index contributed by atoms with van der Waals surface area (Å²) in [5.74, 6) is 2.27. The minimum absolute atomic E-state index is 0.264. The van der Waals surface area contributed by atoms with Gasteiger partial charge >= 0.3 is 0 Å². The van der Waals surface area contributed by atoms with Gasteiger partial charge in [-0.25, -0.2) is 4.99 Å². The number of aryl methyl sites for hydroxylation is 2. The lowest BCUT2D eigenvalue weighted by molar-refractivity contribution is 0.0656. The van der Waals surface area contributed by atoms with E-state index in [0.29, 0.717) is 6.04 Å². The van der Waals surface area contributed by atoms with E-state index in [1.54, 1.807) is 14.0 Å². The molecule has 0 aromatic carbocycles. The Morgan fingerprint density at radius 2 is 2.22 bits per heavy atom. The summed E-state index contributed by atoms with van der Waals surface area (Å²) < 4.78 is 10.8. The van der Waals surface area contributed by atoms with Crippen LogP contribution in [0.5, 0.6) is 0 Å². The van der Waals surface area contributed by atoms with Crippen LogP contribution in [0.15, 0.2) is 15.5 Å². The summed E-state index contributed by atoms with van der Waals surface area (Å²) in [6.45, 7) is 12.3. The molecule has 2 unspecified atom stereocenters. The molecular formula is C20H36N4O3. The number of furan rings is 1. The number of hydrogen-bond donors (Lipinski definition) is 3. The lowest BCUT2D eigenvalue weighted by Crippen LogP contribution is -2.46. The van der Waals surface area contributed by atoms with Gasteiger partial charge in [-0.05, 0) is 53.1 Å². The van der Waals surface area contributed by atoms with Crippen LogP contribution in [0.3, 0.4) is 0 Å². The summed E-state index contributed by atoms with van der Waals surface area (Å²) in [5, 5.41) is 17.6. The molecule has 0 radical (unpaired) electrons. The Morgan fingerprint density at radius 1 is 1.44 bits per heavy atom. The molecule has 2 atom stereocenters. The molecule has 1 aliphatic heterocycles. The van der Waals surface area contributed by atoms with Crippen molar-refractivity contribution in [3.05, 3.63) is 23.2 Å². The first kappa shape index (κ1) is 21.7. The Hall–Kier alpha value is -1.57. The first-order valence-corrected chi connectivity index (χ1v) is 9.92. The van der Waals surface area contributed by atoms with Crippen LogP contribution in [-0.2, 0) is 10.3 Å². The van der Waals surface area contributed by atoms with E-state index in [1.807, 2.05) is 26.8 Å². The Kier molecular flexibility index (Phi) is 8.13. The van der Waals surface area contributed by atoms with Gasteiger partial charge in [0.05, 0.1) is 13.2 Å². The molecule has 1 aromatic heterocycles. The van der Waals surface area contributed by atoms with Crippen molar-refractivity contribution in [1.29, 1.82) is 0 Å². The zero-order valence-electron chi connectivity index (χ0n) is 17.5. The number of nitrogens with one attached hydrogen (secondary N) is 2. The first-order chi connectivity index (χ1) is 12.9. The molecule has 0 saturated carbocycles.